The van der Waals surface area contributed by atoms with Gasteiger partial charge in [0.2, 0.25) is 5.88 Å². The van der Waals surface area contributed by atoms with Gasteiger partial charge in [-0.3, -0.25) is 10.1 Å². The molecular formula is C8H7F3N2O5. The molecule has 0 aromatic carbocycles. The molecule has 1 aromatic heterocycles. The van der Waals surface area contributed by atoms with Gasteiger partial charge in [0.25, 0.3) is 0 Å². The van der Waals surface area contributed by atoms with Crippen LogP contribution >= 0.6 is 0 Å². The number of hydrogen-bond acceptors (Lipinski definition) is 6. The molecule has 0 spiro atoms. The maximum Gasteiger partial charge on any atom is 0.574 e. The summed E-state index contributed by atoms with van der Waals surface area (Å²) in [5.41, 5.74) is -1.46. The lowest BCUT2D eigenvalue weighted by Gasteiger charge is -2.11. The zero-order valence-electron chi connectivity index (χ0n) is 8.89. The monoisotopic (exact) mass is 268 g/mol. The highest BCUT2D eigenvalue weighted by Crippen LogP contribution is 2.35. The molecule has 7 nitrogen and oxygen atoms in total. The molecule has 1 aromatic rings. The number of alkyl halides is 3. The number of hydrogen-bond donors (Lipinski definition) is 1. The number of nitro groups is 1. The van der Waals surface area contributed by atoms with Crippen LogP contribution in [-0.2, 0) is 6.61 Å². The zero-order valence-corrected chi connectivity index (χ0v) is 8.89. The summed E-state index contributed by atoms with van der Waals surface area (Å²) in [6.07, 6.45) is -5.14. The summed E-state index contributed by atoms with van der Waals surface area (Å²) in [4.78, 5) is 12.7. The fourth-order valence-corrected chi connectivity index (χ4v) is 1.14. The van der Waals surface area contributed by atoms with E-state index in [1.807, 2.05) is 0 Å². The lowest BCUT2D eigenvalue weighted by atomic mass is 10.2. The van der Waals surface area contributed by atoms with Crippen molar-refractivity contribution in [2.24, 2.45) is 0 Å². The normalized spacial score (nSPS) is 11.2. The molecule has 0 radical (unpaired) electrons. The predicted octanol–water partition coefficient (Wildman–Crippen LogP) is 1.39. The van der Waals surface area contributed by atoms with Crippen molar-refractivity contribution in [2.45, 2.75) is 13.0 Å². The van der Waals surface area contributed by atoms with Gasteiger partial charge >= 0.3 is 17.9 Å². The Hall–Kier alpha value is -2.10. The Morgan fingerprint density at radius 1 is 1.56 bits per heavy atom. The van der Waals surface area contributed by atoms with Crippen molar-refractivity contribution in [3.05, 3.63) is 21.7 Å². The summed E-state index contributed by atoms with van der Waals surface area (Å²) in [5.74, 6) is -1.63. The van der Waals surface area contributed by atoms with Crippen LogP contribution in [0.25, 0.3) is 0 Å². The number of halogens is 3. The Bertz CT molecular complexity index is 463. The van der Waals surface area contributed by atoms with Gasteiger partial charge < -0.3 is 14.6 Å². The van der Waals surface area contributed by atoms with Crippen molar-refractivity contribution in [2.75, 3.05) is 7.11 Å². The molecule has 1 N–H and O–H groups in total. The highest BCUT2D eigenvalue weighted by atomic mass is 19.4. The number of aliphatic hydroxyl groups excluding tert-OH is 1. The first kappa shape index (κ1) is 14.0. The third-order valence-corrected chi connectivity index (χ3v) is 1.79. The highest BCUT2D eigenvalue weighted by molar-refractivity contribution is 5.50. The quantitative estimate of drug-likeness (QED) is 0.655. The third kappa shape index (κ3) is 3.20. The average molecular weight is 268 g/mol. The summed E-state index contributed by atoms with van der Waals surface area (Å²) in [7, 11) is 1.10. The van der Waals surface area contributed by atoms with E-state index in [1.54, 1.807) is 0 Å². The maximum absolute atomic E-state index is 12.1. The second-order valence-electron chi connectivity index (χ2n) is 2.94. The van der Waals surface area contributed by atoms with Gasteiger partial charge in [-0.1, -0.05) is 0 Å². The summed E-state index contributed by atoms with van der Waals surface area (Å²) < 4.78 is 44.2. The van der Waals surface area contributed by atoms with Gasteiger partial charge in [0, 0.05) is 6.07 Å². The smallest absolute Gasteiger partial charge is 0.481 e. The minimum atomic E-state index is -5.14. The Kier molecular flexibility index (Phi) is 3.91. The third-order valence-electron chi connectivity index (χ3n) is 1.79. The maximum atomic E-state index is 12.1. The molecule has 10 heteroatoms. The van der Waals surface area contributed by atoms with Crippen molar-refractivity contribution >= 4 is 5.69 Å². The highest BCUT2D eigenvalue weighted by Gasteiger charge is 2.37. The molecule has 0 saturated heterocycles. The van der Waals surface area contributed by atoms with Gasteiger partial charge in [0.15, 0.2) is 0 Å². The predicted molar refractivity (Wildman–Crippen MR) is 50.0 cm³/mol. The van der Waals surface area contributed by atoms with Gasteiger partial charge in [-0.05, 0) is 0 Å². The van der Waals surface area contributed by atoms with Gasteiger partial charge in [0.05, 0.1) is 24.2 Å². The van der Waals surface area contributed by atoms with E-state index in [9.17, 15) is 23.3 Å². The van der Waals surface area contributed by atoms with Crippen LogP contribution in [0.15, 0.2) is 6.07 Å². The second kappa shape index (κ2) is 5.04. The first-order valence-electron chi connectivity index (χ1n) is 4.37. The van der Waals surface area contributed by atoms with Crippen LogP contribution < -0.4 is 9.47 Å². The van der Waals surface area contributed by atoms with Gasteiger partial charge in [-0.15, -0.1) is 13.2 Å². The van der Waals surface area contributed by atoms with Crippen molar-refractivity contribution in [3.63, 3.8) is 0 Å². The van der Waals surface area contributed by atoms with Crippen molar-refractivity contribution in [1.29, 1.82) is 0 Å². The zero-order chi connectivity index (χ0) is 13.9. The van der Waals surface area contributed by atoms with Crippen molar-refractivity contribution in [1.82, 2.24) is 4.98 Å². The summed E-state index contributed by atoms with van der Waals surface area (Å²) >= 11 is 0. The molecule has 0 unspecified atom stereocenters. The van der Waals surface area contributed by atoms with Crippen LogP contribution in [-0.4, -0.2) is 28.5 Å². The number of aromatic nitrogens is 1. The van der Waals surface area contributed by atoms with Crippen LogP contribution in [0.1, 0.15) is 5.56 Å². The summed E-state index contributed by atoms with van der Waals surface area (Å²) in [5, 5.41) is 19.5. The molecule has 0 bridgehead atoms. The van der Waals surface area contributed by atoms with E-state index in [0.717, 1.165) is 13.2 Å². The lowest BCUT2D eigenvalue weighted by Crippen LogP contribution is -2.19. The Morgan fingerprint density at radius 3 is 2.56 bits per heavy atom. The van der Waals surface area contributed by atoms with E-state index < -0.39 is 35.0 Å². The summed E-state index contributed by atoms with van der Waals surface area (Å²) in [6, 6.07) is 0.946. The van der Waals surface area contributed by atoms with Crippen molar-refractivity contribution in [3.8, 4) is 11.8 Å². The fraction of sp³-hybridized carbons (Fsp3) is 0.375. The largest absolute Gasteiger partial charge is 0.574 e. The fourth-order valence-electron chi connectivity index (χ4n) is 1.14. The van der Waals surface area contributed by atoms with E-state index in [1.165, 1.54) is 0 Å². The lowest BCUT2D eigenvalue weighted by molar-refractivity contribution is -0.390. The van der Waals surface area contributed by atoms with Crippen LogP contribution in [0.5, 0.6) is 11.8 Å². The average Bonchev–Trinajstić information content (AvgIpc) is 2.25. The number of ether oxygens (including phenoxy) is 2. The SMILES string of the molecule is COc1cc(CO)c([N+](=O)[O-])c(OC(F)(F)F)n1. The number of rotatable bonds is 4. The number of methoxy groups -OCH3 is 1. The van der Waals surface area contributed by atoms with Crippen molar-refractivity contribution < 1.29 is 32.7 Å². The summed E-state index contributed by atoms with van der Waals surface area (Å²) in [6.45, 7) is -0.858. The Labute approximate surface area is 97.9 Å². The van der Waals surface area contributed by atoms with Gasteiger partial charge in [0.1, 0.15) is 0 Å². The molecule has 0 aliphatic rings. The molecule has 0 saturated carbocycles. The van der Waals surface area contributed by atoms with Crippen LogP contribution in [0.4, 0.5) is 18.9 Å². The standard InChI is InChI=1S/C8H7F3N2O5/c1-17-5-2-4(3-14)6(13(15)16)7(12-5)18-8(9,10)11/h2,14H,3H2,1H3. The second-order valence-corrected chi connectivity index (χ2v) is 2.94. The number of pyridine rings is 1. The van der Waals surface area contributed by atoms with Gasteiger partial charge in [-0.25, -0.2) is 0 Å². The topological polar surface area (TPSA) is 94.7 Å². The Morgan fingerprint density at radius 2 is 2.17 bits per heavy atom. The molecule has 1 rings (SSSR count). The van der Waals surface area contributed by atoms with E-state index in [4.69, 9.17) is 5.11 Å². The van der Waals surface area contributed by atoms with E-state index in [2.05, 4.69) is 14.5 Å². The molecular weight excluding hydrogens is 261 g/mol. The number of nitrogens with zero attached hydrogens (tertiary/aromatic N) is 2. The van der Waals surface area contributed by atoms with Crippen LogP contribution in [0, 0.1) is 10.1 Å². The molecule has 0 fully saturated rings. The van der Waals surface area contributed by atoms with Crippen LogP contribution in [0.2, 0.25) is 0 Å². The van der Waals surface area contributed by atoms with E-state index in [-0.39, 0.29) is 5.88 Å². The molecule has 0 atom stereocenters. The molecule has 0 aliphatic heterocycles. The number of aliphatic hydroxyl groups is 1. The Balaban J connectivity index is 3.39. The van der Waals surface area contributed by atoms with Crippen LogP contribution in [0.3, 0.4) is 0 Å². The minimum absolute atomic E-state index is 0.344. The minimum Gasteiger partial charge on any atom is -0.481 e. The molecule has 1 heterocycles. The molecule has 0 amide bonds. The van der Waals surface area contributed by atoms with Gasteiger partial charge in [-0.2, -0.15) is 4.98 Å². The molecule has 100 valence electrons. The molecule has 18 heavy (non-hydrogen) atoms. The van der Waals surface area contributed by atoms with E-state index >= 15 is 0 Å². The first-order valence-corrected chi connectivity index (χ1v) is 4.37. The molecule has 0 aliphatic carbocycles. The first-order chi connectivity index (χ1) is 8.28. The van der Waals surface area contributed by atoms with E-state index in [0.29, 0.717) is 0 Å².